The van der Waals surface area contributed by atoms with Gasteiger partial charge >= 0.3 is 0 Å². The van der Waals surface area contributed by atoms with Gasteiger partial charge in [-0.05, 0) is 73.5 Å². The van der Waals surface area contributed by atoms with Crippen molar-refractivity contribution in [2.75, 3.05) is 5.32 Å². The first-order valence-electron chi connectivity index (χ1n) is 7.19. The normalized spacial score (nSPS) is 12.2. The van der Waals surface area contributed by atoms with Gasteiger partial charge < -0.3 is 9.73 Å². The lowest BCUT2D eigenvalue weighted by Crippen LogP contribution is -2.40. The van der Waals surface area contributed by atoms with Gasteiger partial charge in [-0.2, -0.15) is 0 Å². The van der Waals surface area contributed by atoms with E-state index in [9.17, 15) is 13.2 Å². The number of halogens is 1. The number of nitrogens with one attached hydrogen (secondary N) is 2. The van der Waals surface area contributed by atoms with Crippen LogP contribution in [0.1, 0.15) is 36.9 Å². The van der Waals surface area contributed by atoms with Gasteiger partial charge in [-0.15, -0.1) is 0 Å². The molecule has 1 aromatic heterocycles. The maximum Gasteiger partial charge on any atom is 0.291 e. The molecule has 0 saturated heterocycles. The highest BCUT2D eigenvalue weighted by molar-refractivity contribution is 9.10. The number of carbonyl (C=O) groups is 1. The average Bonchev–Trinajstić information content (AvgIpc) is 2.89. The van der Waals surface area contributed by atoms with E-state index in [-0.39, 0.29) is 10.9 Å². The van der Waals surface area contributed by atoms with Crippen LogP contribution in [0.15, 0.2) is 44.3 Å². The highest BCUT2D eigenvalue weighted by atomic mass is 79.9. The largest absolute Gasteiger partial charge is 0.438 e. The number of sulfonamides is 1. The van der Waals surface area contributed by atoms with Crippen LogP contribution in [0.2, 0.25) is 0 Å². The van der Waals surface area contributed by atoms with Gasteiger partial charge in [0, 0.05) is 10.0 Å². The summed E-state index contributed by atoms with van der Waals surface area (Å²) in [5, 5.41) is 2.37. The van der Waals surface area contributed by atoms with Crippen molar-refractivity contribution >= 4 is 37.5 Å². The second-order valence-electron chi connectivity index (χ2n) is 6.41. The number of rotatable bonds is 4. The predicted molar refractivity (Wildman–Crippen MR) is 95.6 cm³/mol. The van der Waals surface area contributed by atoms with Gasteiger partial charge in [0.15, 0.2) is 5.76 Å². The summed E-state index contributed by atoms with van der Waals surface area (Å²) in [6, 6.07) is 8.05. The quantitative estimate of drug-likeness (QED) is 0.798. The van der Waals surface area contributed by atoms with E-state index >= 15 is 0 Å². The van der Waals surface area contributed by atoms with E-state index < -0.39 is 21.5 Å². The van der Waals surface area contributed by atoms with Crippen LogP contribution >= 0.6 is 15.9 Å². The molecule has 0 fully saturated rings. The lowest BCUT2D eigenvalue weighted by molar-refractivity contribution is 0.0991. The molecule has 0 aliphatic rings. The topological polar surface area (TPSA) is 88.4 Å². The molecule has 0 saturated carbocycles. The van der Waals surface area contributed by atoms with Crippen molar-refractivity contribution in [2.24, 2.45) is 0 Å². The second-order valence-corrected chi connectivity index (χ2v) is 8.88. The van der Waals surface area contributed by atoms with E-state index in [1.54, 1.807) is 26.8 Å². The number of furan rings is 1. The van der Waals surface area contributed by atoms with Gasteiger partial charge in [-0.25, -0.2) is 13.1 Å². The summed E-state index contributed by atoms with van der Waals surface area (Å²) in [7, 11) is -3.82. The average molecular weight is 415 g/mol. The molecule has 1 heterocycles. The molecule has 2 N–H and O–H groups in total. The monoisotopic (exact) mass is 414 g/mol. The van der Waals surface area contributed by atoms with Gasteiger partial charge in [0.2, 0.25) is 5.09 Å². The van der Waals surface area contributed by atoms with Crippen LogP contribution in [0.4, 0.5) is 5.69 Å². The Labute approximate surface area is 149 Å². The summed E-state index contributed by atoms with van der Waals surface area (Å²) in [5.74, 6) is -0.617. The fourth-order valence-electron chi connectivity index (χ4n) is 1.95. The van der Waals surface area contributed by atoms with Gasteiger partial charge in [0.25, 0.3) is 15.9 Å². The Morgan fingerprint density at radius 3 is 2.42 bits per heavy atom. The first kappa shape index (κ1) is 18.7. The third-order valence-corrected chi connectivity index (χ3v) is 5.17. The fourth-order valence-corrected chi connectivity index (χ4v) is 3.89. The highest BCUT2D eigenvalue weighted by Gasteiger charge is 2.26. The van der Waals surface area contributed by atoms with Gasteiger partial charge in [0.05, 0.1) is 5.69 Å². The molecule has 1 amide bonds. The van der Waals surface area contributed by atoms with E-state index in [4.69, 9.17) is 4.42 Å². The first-order chi connectivity index (χ1) is 11.0. The Morgan fingerprint density at radius 2 is 1.83 bits per heavy atom. The van der Waals surface area contributed by atoms with Gasteiger partial charge in [-0.1, -0.05) is 6.07 Å². The zero-order chi connectivity index (χ0) is 18.1. The molecule has 0 bridgehead atoms. The summed E-state index contributed by atoms with van der Waals surface area (Å²) in [6.07, 6.45) is 0. The van der Waals surface area contributed by atoms with E-state index in [1.807, 2.05) is 19.1 Å². The van der Waals surface area contributed by atoms with E-state index in [0.29, 0.717) is 5.69 Å². The molecular weight excluding hydrogens is 396 g/mol. The van der Waals surface area contributed by atoms with Crippen LogP contribution < -0.4 is 10.0 Å². The van der Waals surface area contributed by atoms with Gasteiger partial charge in [-0.3, -0.25) is 4.79 Å². The predicted octanol–water partition coefficient (Wildman–Crippen LogP) is 3.68. The SMILES string of the molecule is Cc1ccc(NC(=O)c2ccc(S(=O)(=O)NC(C)(C)C)o2)c(Br)c1. The minimum atomic E-state index is -3.82. The van der Waals surface area contributed by atoms with Gasteiger partial charge in [0.1, 0.15) is 0 Å². The minimum absolute atomic E-state index is 0.0863. The van der Waals surface area contributed by atoms with Crippen LogP contribution in [-0.4, -0.2) is 19.9 Å². The van der Waals surface area contributed by atoms with Crippen molar-refractivity contribution in [3.8, 4) is 0 Å². The van der Waals surface area contributed by atoms with Crippen LogP contribution in [0.5, 0.6) is 0 Å². The summed E-state index contributed by atoms with van der Waals surface area (Å²) >= 11 is 3.37. The van der Waals surface area contributed by atoms with Crippen LogP contribution in [0, 0.1) is 6.92 Å². The highest BCUT2D eigenvalue weighted by Crippen LogP contribution is 2.24. The third-order valence-electron chi connectivity index (χ3n) is 2.88. The molecule has 0 atom stereocenters. The fraction of sp³-hybridized carbons (Fsp3) is 0.312. The zero-order valence-electron chi connectivity index (χ0n) is 13.8. The number of hydrogen-bond donors (Lipinski definition) is 2. The first-order valence-corrected chi connectivity index (χ1v) is 9.47. The molecule has 6 nitrogen and oxygen atoms in total. The Hall–Kier alpha value is -1.64. The van der Waals surface area contributed by atoms with E-state index in [1.165, 1.54) is 12.1 Å². The number of aryl methyl sites for hydroxylation is 1. The van der Waals surface area contributed by atoms with Crippen molar-refractivity contribution in [1.29, 1.82) is 0 Å². The summed E-state index contributed by atoms with van der Waals surface area (Å²) < 4.78 is 32.8. The zero-order valence-corrected chi connectivity index (χ0v) is 16.2. The summed E-state index contributed by atoms with van der Waals surface area (Å²) in [4.78, 5) is 12.2. The van der Waals surface area contributed by atoms with E-state index in [2.05, 4.69) is 26.0 Å². The van der Waals surface area contributed by atoms with Crippen molar-refractivity contribution < 1.29 is 17.6 Å². The smallest absolute Gasteiger partial charge is 0.291 e. The Bertz CT molecular complexity index is 866. The van der Waals surface area contributed by atoms with Crippen LogP contribution in [0.3, 0.4) is 0 Å². The van der Waals surface area contributed by atoms with Crippen molar-refractivity contribution in [3.05, 3.63) is 46.1 Å². The maximum absolute atomic E-state index is 12.2. The number of amides is 1. The maximum atomic E-state index is 12.2. The molecule has 0 unspecified atom stereocenters. The lowest BCUT2D eigenvalue weighted by Gasteiger charge is -2.18. The molecule has 2 aromatic rings. The van der Waals surface area contributed by atoms with Crippen LogP contribution in [-0.2, 0) is 10.0 Å². The number of benzene rings is 1. The molecule has 24 heavy (non-hydrogen) atoms. The molecule has 0 aliphatic carbocycles. The third kappa shape index (κ3) is 4.68. The number of carbonyl (C=O) groups excluding carboxylic acids is 1. The Balaban J connectivity index is 2.19. The number of hydrogen-bond acceptors (Lipinski definition) is 4. The Morgan fingerprint density at radius 1 is 1.17 bits per heavy atom. The van der Waals surface area contributed by atoms with E-state index in [0.717, 1.165) is 10.0 Å². The summed E-state index contributed by atoms with van der Waals surface area (Å²) in [6.45, 7) is 7.09. The number of anilines is 1. The molecule has 0 radical (unpaired) electrons. The summed E-state index contributed by atoms with van der Waals surface area (Å²) in [5.41, 5.74) is 0.958. The molecule has 2 rings (SSSR count). The molecular formula is C16H19BrN2O4S. The van der Waals surface area contributed by atoms with Crippen molar-refractivity contribution in [1.82, 2.24) is 4.72 Å². The molecule has 0 spiro atoms. The second kappa shape index (κ2) is 6.70. The molecule has 130 valence electrons. The van der Waals surface area contributed by atoms with Crippen molar-refractivity contribution in [3.63, 3.8) is 0 Å². The standard InChI is InChI=1S/C16H19BrN2O4S/c1-10-5-6-12(11(17)9-10)18-15(20)13-7-8-14(23-13)24(21,22)19-16(2,3)4/h5-9,19H,1-4H3,(H,18,20). The Kier molecular flexibility index (Phi) is 5.22. The lowest BCUT2D eigenvalue weighted by atomic mass is 10.1. The molecule has 0 aliphatic heterocycles. The van der Waals surface area contributed by atoms with Crippen LogP contribution in [0.25, 0.3) is 0 Å². The molecule has 8 heteroatoms. The van der Waals surface area contributed by atoms with Crippen molar-refractivity contribution in [2.45, 2.75) is 38.3 Å². The molecule has 1 aromatic carbocycles. The minimum Gasteiger partial charge on any atom is -0.438 e.